The van der Waals surface area contributed by atoms with Crippen molar-refractivity contribution >= 4 is 12.1 Å². The van der Waals surface area contributed by atoms with Crippen molar-refractivity contribution in [2.45, 2.75) is 6.04 Å². The second-order valence-corrected chi connectivity index (χ2v) is 2.33. The third-order valence-corrected chi connectivity index (χ3v) is 1.62. The molecule has 5 nitrogen and oxygen atoms in total. The minimum atomic E-state index is -1.05. The van der Waals surface area contributed by atoms with Crippen LogP contribution >= 0.6 is 0 Å². The van der Waals surface area contributed by atoms with Crippen LogP contribution in [0.5, 0.6) is 0 Å². The van der Waals surface area contributed by atoms with E-state index in [0.717, 1.165) is 4.90 Å². The SMILES string of the molecule is COC(=O)N1CC=CC1C(=O)O. The number of carboxylic acids is 1. The number of ether oxygens (including phenoxy) is 1. The molecule has 0 fully saturated rings. The van der Waals surface area contributed by atoms with Crippen LogP contribution in [-0.2, 0) is 9.53 Å². The molecular formula is C7H9NO4. The van der Waals surface area contributed by atoms with Gasteiger partial charge in [0.25, 0.3) is 0 Å². The van der Waals surface area contributed by atoms with Gasteiger partial charge in [0.2, 0.25) is 0 Å². The number of carbonyl (C=O) groups is 2. The van der Waals surface area contributed by atoms with Crippen LogP contribution in [0, 0.1) is 0 Å². The minimum absolute atomic E-state index is 0.295. The molecule has 1 atom stereocenters. The second-order valence-electron chi connectivity index (χ2n) is 2.33. The van der Waals surface area contributed by atoms with Gasteiger partial charge in [-0.2, -0.15) is 0 Å². The van der Waals surface area contributed by atoms with Gasteiger partial charge in [-0.05, 0) is 0 Å². The average Bonchev–Trinajstić information content (AvgIpc) is 2.50. The Kier molecular flexibility index (Phi) is 2.32. The molecule has 0 aromatic heterocycles. The van der Waals surface area contributed by atoms with Gasteiger partial charge in [-0.3, -0.25) is 4.90 Å². The highest BCUT2D eigenvalue weighted by Gasteiger charge is 2.30. The maximum Gasteiger partial charge on any atom is 0.410 e. The largest absolute Gasteiger partial charge is 0.479 e. The molecular weight excluding hydrogens is 162 g/mol. The molecule has 1 heterocycles. The molecule has 12 heavy (non-hydrogen) atoms. The van der Waals surface area contributed by atoms with Gasteiger partial charge >= 0.3 is 12.1 Å². The number of aliphatic carboxylic acids is 1. The van der Waals surface area contributed by atoms with Crippen LogP contribution in [0.4, 0.5) is 4.79 Å². The molecule has 1 rings (SSSR count). The Labute approximate surface area is 69.2 Å². The summed E-state index contributed by atoms with van der Waals surface area (Å²) in [6.07, 6.45) is 2.46. The molecule has 1 unspecified atom stereocenters. The summed E-state index contributed by atoms with van der Waals surface area (Å²) >= 11 is 0. The standard InChI is InChI=1S/C7H9NO4/c1-12-7(11)8-4-2-3-5(8)6(9)10/h2-3,5H,4H2,1H3,(H,9,10). The van der Waals surface area contributed by atoms with Gasteiger partial charge < -0.3 is 9.84 Å². The number of rotatable bonds is 1. The van der Waals surface area contributed by atoms with Gasteiger partial charge in [0.05, 0.1) is 7.11 Å². The van der Waals surface area contributed by atoms with Crippen molar-refractivity contribution in [1.29, 1.82) is 0 Å². The van der Waals surface area contributed by atoms with Crippen molar-refractivity contribution in [2.24, 2.45) is 0 Å². The maximum absolute atomic E-state index is 10.9. The molecule has 0 spiro atoms. The zero-order chi connectivity index (χ0) is 9.14. The van der Waals surface area contributed by atoms with E-state index in [1.54, 1.807) is 6.08 Å². The second kappa shape index (κ2) is 3.25. The lowest BCUT2D eigenvalue weighted by atomic mass is 10.3. The summed E-state index contributed by atoms with van der Waals surface area (Å²) in [7, 11) is 1.22. The van der Waals surface area contributed by atoms with Gasteiger partial charge in [0, 0.05) is 6.54 Å². The van der Waals surface area contributed by atoms with Crippen LogP contribution in [0.3, 0.4) is 0 Å². The van der Waals surface area contributed by atoms with Crippen molar-refractivity contribution in [2.75, 3.05) is 13.7 Å². The van der Waals surface area contributed by atoms with Crippen LogP contribution in [0.1, 0.15) is 0 Å². The van der Waals surface area contributed by atoms with E-state index < -0.39 is 18.1 Å². The van der Waals surface area contributed by atoms with Crippen LogP contribution in [0.2, 0.25) is 0 Å². The summed E-state index contributed by atoms with van der Waals surface area (Å²) in [5, 5.41) is 8.63. The molecule has 0 aromatic rings. The first-order chi connectivity index (χ1) is 5.66. The summed E-state index contributed by atoms with van der Waals surface area (Å²) in [5.41, 5.74) is 0. The molecule has 0 saturated heterocycles. The van der Waals surface area contributed by atoms with Crippen molar-refractivity contribution in [3.8, 4) is 0 Å². The van der Waals surface area contributed by atoms with Gasteiger partial charge in [-0.25, -0.2) is 9.59 Å². The lowest BCUT2D eigenvalue weighted by Gasteiger charge is -2.19. The molecule has 0 saturated carbocycles. The fourth-order valence-corrected chi connectivity index (χ4v) is 1.04. The van der Waals surface area contributed by atoms with E-state index in [1.807, 2.05) is 0 Å². The highest BCUT2D eigenvalue weighted by molar-refractivity contribution is 5.83. The number of nitrogens with zero attached hydrogens (tertiary/aromatic N) is 1. The zero-order valence-corrected chi connectivity index (χ0v) is 6.56. The zero-order valence-electron chi connectivity index (χ0n) is 6.56. The Morgan fingerprint density at radius 1 is 1.67 bits per heavy atom. The predicted molar refractivity (Wildman–Crippen MR) is 39.7 cm³/mol. The van der Waals surface area contributed by atoms with Crippen molar-refractivity contribution < 1.29 is 19.4 Å². The van der Waals surface area contributed by atoms with E-state index in [1.165, 1.54) is 13.2 Å². The number of carboxylic acid groups (broad SMARTS) is 1. The molecule has 66 valence electrons. The first kappa shape index (κ1) is 8.58. The first-order valence-electron chi connectivity index (χ1n) is 3.41. The number of hydrogen-bond acceptors (Lipinski definition) is 3. The maximum atomic E-state index is 10.9. The monoisotopic (exact) mass is 171 g/mol. The van der Waals surface area contributed by atoms with Gasteiger partial charge in [0.1, 0.15) is 0 Å². The summed E-state index contributed by atoms with van der Waals surface area (Å²) in [5.74, 6) is -1.05. The van der Waals surface area contributed by atoms with Crippen LogP contribution in [0.25, 0.3) is 0 Å². The Morgan fingerprint density at radius 2 is 2.33 bits per heavy atom. The van der Waals surface area contributed by atoms with Gasteiger partial charge in [0.15, 0.2) is 6.04 Å². The molecule has 1 aliphatic heterocycles. The van der Waals surface area contributed by atoms with Crippen molar-refractivity contribution in [1.82, 2.24) is 4.90 Å². The van der Waals surface area contributed by atoms with Crippen LogP contribution in [0.15, 0.2) is 12.2 Å². The van der Waals surface area contributed by atoms with E-state index in [2.05, 4.69) is 4.74 Å². The van der Waals surface area contributed by atoms with E-state index in [4.69, 9.17) is 5.11 Å². The van der Waals surface area contributed by atoms with E-state index in [9.17, 15) is 9.59 Å². The van der Waals surface area contributed by atoms with E-state index >= 15 is 0 Å². The third-order valence-electron chi connectivity index (χ3n) is 1.62. The Bertz CT molecular complexity index is 236. The molecule has 0 aliphatic carbocycles. The molecule has 0 bridgehead atoms. The van der Waals surface area contributed by atoms with E-state index in [-0.39, 0.29) is 0 Å². The lowest BCUT2D eigenvalue weighted by Crippen LogP contribution is -2.40. The molecule has 1 N–H and O–H groups in total. The van der Waals surface area contributed by atoms with Gasteiger partial charge in [-0.15, -0.1) is 0 Å². The molecule has 1 amide bonds. The minimum Gasteiger partial charge on any atom is -0.479 e. The Hall–Kier alpha value is -1.52. The Balaban J connectivity index is 2.68. The highest BCUT2D eigenvalue weighted by Crippen LogP contribution is 2.10. The molecule has 1 aliphatic rings. The quantitative estimate of drug-likeness (QED) is 0.567. The van der Waals surface area contributed by atoms with Crippen molar-refractivity contribution in [3.63, 3.8) is 0 Å². The first-order valence-corrected chi connectivity index (χ1v) is 3.41. The molecule has 0 aromatic carbocycles. The number of methoxy groups -OCH3 is 1. The summed E-state index contributed by atoms with van der Waals surface area (Å²) in [6, 6.07) is -0.877. The Morgan fingerprint density at radius 3 is 2.83 bits per heavy atom. The molecule has 5 heteroatoms. The van der Waals surface area contributed by atoms with Crippen molar-refractivity contribution in [3.05, 3.63) is 12.2 Å². The fraction of sp³-hybridized carbons (Fsp3) is 0.429. The number of amides is 1. The van der Waals surface area contributed by atoms with Crippen LogP contribution < -0.4 is 0 Å². The summed E-state index contributed by atoms with van der Waals surface area (Å²) in [4.78, 5) is 22.6. The smallest absolute Gasteiger partial charge is 0.410 e. The fourth-order valence-electron chi connectivity index (χ4n) is 1.04. The lowest BCUT2D eigenvalue weighted by molar-refractivity contribution is -0.140. The predicted octanol–water partition coefficient (Wildman–Crippen LogP) is 0.0778. The summed E-state index contributed by atoms with van der Waals surface area (Å²) < 4.78 is 4.40. The van der Waals surface area contributed by atoms with Crippen LogP contribution in [-0.4, -0.2) is 41.8 Å². The highest BCUT2D eigenvalue weighted by atomic mass is 16.5. The number of carbonyl (C=O) groups excluding carboxylic acids is 1. The number of hydrogen-bond donors (Lipinski definition) is 1. The van der Waals surface area contributed by atoms with Gasteiger partial charge in [-0.1, -0.05) is 12.2 Å². The third kappa shape index (κ3) is 1.39. The average molecular weight is 171 g/mol. The topological polar surface area (TPSA) is 66.8 Å². The van der Waals surface area contributed by atoms with E-state index in [0.29, 0.717) is 6.54 Å². The molecule has 0 radical (unpaired) electrons. The normalized spacial score (nSPS) is 21.1. The summed E-state index contributed by atoms with van der Waals surface area (Å²) in [6.45, 7) is 0.295.